The van der Waals surface area contributed by atoms with Gasteiger partial charge in [-0.2, -0.15) is 12.7 Å². The van der Waals surface area contributed by atoms with Crippen molar-refractivity contribution < 1.29 is 8.42 Å². The van der Waals surface area contributed by atoms with Crippen LogP contribution in [-0.2, 0) is 10.2 Å². The van der Waals surface area contributed by atoms with Crippen molar-refractivity contribution in [2.45, 2.75) is 19.3 Å². The van der Waals surface area contributed by atoms with Gasteiger partial charge in [-0.3, -0.25) is 0 Å². The summed E-state index contributed by atoms with van der Waals surface area (Å²) in [5, 5.41) is 0. The highest BCUT2D eigenvalue weighted by molar-refractivity contribution is 7.87. The van der Waals surface area contributed by atoms with Gasteiger partial charge in [0.25, 0.3) is 10.2 Å². The van der Waals surface area contributed by atoms with Gasteiger partial charge in [-0.05, 0) is 18.8 Å². The topological polar surface area (TPSA) is 49.2 Å². The molecule has 0 aromatic rings. The fraction of sp³-hybridized carbons (Fsp3) is 1.00. The largest absolute Gasteiger partial charge is 0.279 e. The first-order valence-electron chi connectivity index (χ1n) is 4.43. The van der Waals surface area contributed by atoms with E-state index < -0.39 is 10.2 Å². The third-order valence-electron chi connectivity index (χ3n) is 2.53. The molecule has 2 rings (SSSR count). The molecule has 1 saturated heterocycles. The molecule has 0 aromatic heterocycles. The summed E-state index contributed by atoms with van der Waals surface area (Å²) in [6, 6.07) is 0. The average molecular weight is 190 g/mol. The Balaban J connectivity index is 1.77. The van der Waals surface area contributed by atoms with Gasteiger partial charge < -0.3 is 0 Å². The molecule has 70 valence electrons. The molecule has 1 aliphatic carbocycles. The Kier molecular flexibility index (Phi) is 2.10. The molecule has 0 amide bonds. The van der Waals surface area contributed by atoms with Crippen molar-refractivity contribution in [3.05, 3.63) is 0 Å². The Bertz CT molecular complexity index is 255. The van der Waals surface area contributed by atoms with E-state index in [1.54, 1.807) is 0 Å². The van der Waals surface area contributed by atoms with Gasteiger partial charge in [0.2, 0.25) is 0 Å². The van der Waals surface area contributed by atoms with E-state index in [-0.39, 0.29) is 0 Å². The quantitative estimate of drug-likeness (QED) is 0.631. The van der Waals surface area contributed by atoms with Crippen molar-refractivity contribution in [3.8, 4) is 0 Å². The van der Waals surface area contributed by atoms with E-state index >= 15 is 0 Å². The van der Waals surface area contributed by atoms with E-state index in [4.69, 9.17) is 0 Å². The summed E-state index contributed by atoms with van der Waals surface area (Å²) in [6.07, 6.45) is 3.63. The molecule has 12 heavy (non-hydrogen) atoms. The Morgan fingerprint density at radius 3 is 2.42 bits per heavy atom. The van der Waals surface area contributed by atoms with Gasteiger partial charge in [-0.15, -0.1) is 0 Å². The van der Waals surface area contributed by atoms with Crippen LogP contribution < -0.4 is 4.72 Å². The van der Waals surface area contributed by atoms with E-state index in [2.05, 4.69) is 4.72 Å². The van der Waals surface area contributed by atoms with Crippen molar-refractivity contribution in [1.29, 1.82) is 0 Å². The molecule has 0 bridgehead atoms. The molecular formula is C7H14N2O2S. The molecule has 1 N–H and O–H groups in total. The first kappa shape index (κ1) is 8.47. The number of nitrogens with one attached hydrogen (secondary N) is 1. The molecule has 2 fully saturated rings. The van der Waals surface area contributed by atoms with Gasteiger partial charge in [0.05, 0.1) is 0 Å². The maximum Gasteiger partial charge on any atom is 0.279 e. The van der Waals surface area contributed by atoms with E-state index in [1.165, 1.54) is 23.6 Å². The minimum atomic E-state index is -3.08. The van der Waals surface area contributed by atoms with Crippen LogP contribution in [0.2, 0.25) is 0 Å². The zero-order valence-corrected chi connectivity index (χ0v) is 7.81. The molecule has 0 spiro atoms. The van der Waals surface area contributed by atoms with Crippen LogP contribution in [0.15, 0.2) is 0 Å². The lowest BCUT2D eigenvalue weighted by atomic mass is 9.86. The van der Waals surface area contributed by atoms with Crippen molar-refractivity contribution in [2.75, 3.05) is 19.6 Å². The zero-order valence-electron chi connectivity index (χ0n) is 6.99. The zero-order chi connectivity index (χ0) is 8.60. The van der Waals surface area contributed by atoms with Crippen LogP contribution in [-0.4, -0.2) is 32.4 Å². The Morgan fingerprint density at radius 1 is 1.33 bits per heavy atom. The highest BCUT2D eigenvalue weighted by Gasteiger charge is 2.32. The number of hydrogen-bond acceptors (Lipinski definition) is 2. The van der Waals surface area contributed by atoms with Gasteiger partial charge in [0.15, 0.2) is 0 Å². The third kappa shape index (κ3) is 1.78. The molecular weight excluding hydrogens is 176 g/mol. The van der Waals surface area contributed by atoms with Gasteiger partial charge in [-0.1, -0.05) is 6.42 Å². The fourth-order valence-corrected chi connectivity index (χ4v) is 2.48. The predicted molar refractivity (Wildman–Crippen MR) is 45.8 cm³/mol. The summed E-state index contributed by atoms with van der Waals surface area (Å²) < 4.78 is 26.6. The Morgan fingerprint density at radius 2 is 2.00 bits per heavy atom. The first-order valence-corrected chi connectivity index (χ1v) is 5.87. The van der Waals surface area contributed by atoms with E-state index in [1.807, 2.05) is 0 Å². The van der Waals surface area contributed by atoms with E-state index in [0.717, 1.165) is 0 Å². The maximum absolute atomic E-state index is 11.3. The second kappa shape index (κ2) is 2.97. The van der Waals surface area contributed by atoms with Gasteiger partial charge >= 0.3 is 0 Å². The maximum atomic E-state index is 11.3. The molecule has 1 heterocycles. The smallest absolute Gasteiger partial charge is 0.202 e. The minimum absolute atomic E-state index is 0.597. The second-order valence-corrected chi connectivity index (χ2v) is 5.30. The van der Waals surface area contributed by atoms with Crippen LogP contribution in [0.5, 0.6) is 0 Å². The number of hydrogen-bond donors (Lipinski definition) is 1. The highest BCUT2D eigenvalue weighted by Crippen LogP contribution is 2.25. The summed E-state index contributed by atoms with van der Waals surface area (Å²) in [5.41, 5.74) is 0. The first-order chi connectivity index (χ1) is 5.68. The lowest BCUT2D eigenvalue weighted by Gasteiger charge is -2.25. The number of rotatable bonds is 4. The van der Waals surface area contributed by atoms with Crippen LogP contribution in [0.3, 0.4) is 0 Å². The summed E-state index contributed by atoms with van der Waals surface area (Å²) >= 11 is 0. The second-order valence-electron chi connectivity index (χ2n) is 3.55. The Labute approximate surface area is 73.1 Å². The van der Waals surface area contributed by atoms with Crippen LogP contribution in [0.25, 0.3) is 0 Å². The third-order valence-corrected chi connectivity index (χ3v) is 4.10. The molecule has 5 heteroatoms. The molecule has 4 nitrogen and oxygen atoms in total. The van der Waals surface area contributed by atoms with Crippen molar-refractivity contribution in [3.63, 3.8) is 0 Å². The molecule has 1 saturated carbocycles. The summed E-state index contributed by atoms with van der Waals surface area (Å²) in [5.74, 6) is 0.597. The van der Waals surface area contributed by atoms with Crippen LogP contribution >= 0.6 is 0 Å². The molecule has 0 unspecified atom stereocenters. The summed E-state index contributed by atoms with van der Waals surface area (Å²) in [7, 11) is -3.08. The average Bonchev–Trinajstić information content (AvgIpc) is 2.62. The lowest BCUT2D eigenvalue weighted by molar-refractivity contribution is 0.315. The van der Waals surface area contributed by atoms with E-state index in [9.17, 15) is 8.42 Å². The summed E-state index contributed by atoms with van der Waals surface area (Å²) in [4.78, 5) is 0. The predicted octanol–water partition coefficient (Wildman–Crippen LogP) is -0.0635. The van der Waals surface area contributed by atoms with Gasteiger partial charge in [0, 0.05) is 19.6 Å². The SMILES string of the molecule is O=S(=O)(NCC1CCC1)N1CC1. The van der Waals surface area contributed by atoms with Crippen LogP contribution in [0, 0.1) is 5.92 Å². The number of nitrogens with zero attached hydrogens (tertiary/aromatic N) is 1. The molecule has 0 aromatic carbocycles. The Hall–Kier alpha value is -0.130. The standard InChI is InChI=1S/C7H14N2O2S/c10-12(11,9-4-5-9)8-6-7-2-1-3-7/h7-8H,1-6H2. The van der Waals surface area contributed by atoms with Crippen LogP contribution in [0.4, 0.5) is 0 Å². The molecule has 2 aliphatic rings. The normalized spacial score (nSPS) is 25.3. The van der Waals surface area contributed by atoms with Crippen molar-refractivity contribution in [1.82, 2.24) is 9.03 Å². The van der Waals surface area contributed by atoms with E-state index in [0.29, 0.717) is 25.6 Å². The van der Waals surface area contributed by atoms with Gasteiger partial charge in [0.1, 0.15) is 0 Å². The van der Waals surface area contributed by atoms with Gasteiger partial charge in [-0.25, -0.2) is 4.72 Å². The molecule has 0 radical (unpaired) electrons. The highest BCUT2D eigenvalue weighted by atomic mass is 32.2. The molecule has 0 atom stereocenters. The monoisotopic (exact) mass is 190 g/mol. The molecule has 1 aliphatic heterocycles. The lowest BCUT2D eigenvalue weighted by Crippen LogP contribution is -2.35. The fourth-order valence-electron chi connectivity index (χ4n) is 1.29. The van der Waals surface area contributed by atoms with Crippen molar-refractivity contribution in [2.24, 2.45) is 5.92 Å². The minimum Gasteiger partial charge on any atom is -0.202 e. The van der Waals surface area contributed by atoms with Crippen LogP contribution in [0.1, 0.15) is 19.3 Å². The van der Waals surface area contributed by atoms with Crippen molar-refractivity contribution >= 4 is 10.2 Å². The summed E-state index contributed by atoms with van der Waals surface area (Å²) in [6.45, 7) is 2.03.